The molecule has 0 bridgehead atoms. The Kier molecular flexibility index (Phi) is 3.55. The highest BCUT2D eigenvalue weighted by Crippen LogP contribution is 1.96. The molecule has 1 atom stereocenters. The Bertz CT molecular complexity index is 127. The summed E-state index contributed by atoms with van der Waals surface area (Å²) in [5, 5.41) is 8.57. The molecular formula is C5H12N2O2S. The number of ether oxygens (including phenoxy) is 1. The summed E-state index contributed by atoms with van der Waals surface area (Å²) in [6.07, 6.45) is 0. The van der Waals surface area contributed by atoms with Crippen LogP contribution < -0.4 is 11.5 Å². The minimum atomic E-state index is -0.760. The normalized spacial score (nSPS) is 15.9. The molecule has 0 amide bonds. The van der Waals surface area contributed by atoms with Crippen LogP contribution in [0.15, 0.2) is 0 Å². The molecule has 0 radical (unpaired) electrons. The predicted molar refractivity (Wildman–Crippen MR) is 42.4 cm³/mol. The maximum atomic E-state index is 8.62. The van der Waals surface area contributed by atoms with Gasteiger partial charge in [0.2, 0.25) is 0 Å². The van der Waals surface area contributed by atoms with Gasteiger partial charge >= 0.3 is 0 Å². The van der Waals surface area contributed by atoms with Crippen molar-refractivity contribution in [2.75, 3.05) is 13.2 Å². The van der Waals surface area contributed by atoms with E-state index in [0.29, 0.717) is 0 Å². The maximum Gasteiger partial charge on any atom is 0.254 e. The standard InChI is InChI=1S/C5H12N2O2S/c1-5(7,2-8)3-9-4(6)10/h8H,2-3,7H2,1H3,(H2,6,10). The van der Waals surface area contributed by atoms with Gasteiger partial charge in [-0.05, 0) is 19.1 Å². The zero-order valence-electron chi connectivity index (χ0n) is 5.83. The average molecular weight is 164 g/mol. The minimum absolute atomic E-state index is 0.0508. The van der Waals surface area contributed by atoms with Crippen molar-refractivity contribution in [3.05, 3.63) is 0 Å². The Hall–Kier alpha value is -0.390. The second-order valence-corrected chi connectivity index (χ2v) is 2.82. The molecule has 5 heteroatoms. The fraction of sp³-hybridized carbons (Fsp3) is 0.800. The molecule has 5 N–H and O–H groups in total. The molecule has 0 saturated carbocycles. The topological polar surface area (TPSA) is 81.5 Å². The van der Waals surface area contributed by atoms with Crippen molar-refractivity contribution in [1.29, 1.82) is 0 Å². The number of hydrogen-bond acceptors (Lipinski definition) is 4. The smallest absolute Gasteiger partial charge is 0.254 e. The highest BCUT2D eigenvalue weighted by Gasteiger charge is 2.17. The first-order valence-corrected chi connectivity index (χ1v) is 3.21. The van der Waals surface area contributed by atoms with Gasteiger partial charge in [-0.15, -0.1) is 0 Å². The van der Waals surface area contributed by atoms with E-state index >= 15 is 0 Å². The van der Waals surface area contributed by atoms with E-state index in [1.165, 1.54) is 0 Å². The van der Waals surface area contributed by atoms with Crippen LogP contribution in [0.25, 0.3) is 0 Å². The Morgan fingerprint density at radius 2 is 2.30 bits per heavy atom. The summed E-state index contributed by atoms with van der Waals surface area (Å²) in [4.78, 5) is 0. The van der Waals surface area contributed by atoms with Crippen molar-refractivity contribution >= 4 is 17.4 Å². The number of rotatable bonds is 3. The molecule has 0 fully saturated rings. The summed E-state index contributed by atoms with van der Waals surface area (Å²) < 4.78 is 4.72. The maximum absolute atomic E-state index is 8.62. The molecular weight excluding hydrogens is 152 g/mol. The number of thiocarbonyl (C=S) groups is 1. The second-order valence-electron chi connectivity index (χ2n) is 2.42. The quantitative estimate of drug-likeness (QED) is 0.464. The van der Waals surface area contributed by atoms with Gasteiger partial charge in [0, 0.05) is 0 Å². The lowest BCUT2D eigenvalue weighted by atomic mass is 10.1. The lowest BCUT2D eigenvalue weighted by molar-refractivity contribution is 0.141. The van der Waals surface area contributed by atoms with Crippen LogP contribution in [0.3, 0.4) is 0 Å². The zero-order valence-corrected chi connectivity index (χ0v) is 6.65. The first-order valence-electron chi connectivity index (χ1n) is 2.80. The van der Waals surface area contributed by atoms with Crippen molar-refractivity contribution in [2.45, 2.75) is 12.5 Å². The number of hydrogen-bond donors (Lipinski definition) is 3. The van der Waals surface area contributed by atoms with Crippen LogP contribution in [-0.2, 0) is 4.74 Å². The molecule has 0 rings (SSSR count). The fourth-order valence-electron chi connectivity index (χ4n) is 0.282. The summed E-state index contributed by atoms with van der Waals surface area (Å²) in [6, 6.07) is 0. The van der Waals surface area contributed by atoms with Crippen molar-refractivity contribution in [3.8, 4) is 0 Å². The van der Waals surface area contributed by atoms with Crippen LogP contribution in [0.1, 0.15) is 6.92 Å². The molecule has 0 spiro atoms. The van der Waals surface area contributed by atoms with E-state index in [1.54, 1.807) is 6.92 Å². The van der Waals surface area contributed by atoms with Gasteiger partial charge < -0.3 is 21.3 Å². The minimum Gasteiger partial charge on any atom is -0.469 e. The first-order chi connectivity index (χ1) is 4.48. The fourth-order valence-corrected chi connectivity index (χ4v) is 0.341. The lowest BCUT2D eigenvalue weighted by Gasteiger charge is -2.20. The lowest BCUT2D eigenvalue weighted by Crippen LogP contribution is -2.45. The molecule has 0 aliphatic carbocycles. The van der Waals surface area contributed by atoms with Gasteiger partial charge in [-0.1, -0.05) is 0 Å². The molecule has 10 heavy (non-hydrogen) atoms. The molecule has 0 aliphatic heterocycles. The molecule has 4 nitrogen and oxygen atoms in total. The Balaban J connectivity index is 3.56. The monoisotopic (exact) mass is 164 g/mol. The third-order valence-corrected chi connectivity index (χ3v) is 1.02. The van der Waals surface area contributed by atoms with E-state index in [-0.39, 0.29) is 18.4 Å². The third kappa shape index (κ3) is 4.49. The average Bonchev–Trinajstić information content (AvgIpc) is 1.85. The largest absolute Gasteiger partial charge is 0.469 e. The van der Waals surface area contributed by atoms with E-state index in [4.69, 9.17) is 21.3 Å². The van der Waals surface area contributed by atoms with Gasteiger partial charge in [-0.2, -0.15) is 0 Å². The van der Waals surface area contributed by atoms with Crippen LogP contribution in [0.5, 0.6) is 0 Å². The molecule has 60 valence electrons. The van der Waals surface area contributed by atoms with Gasteiger partial charge in [0.15, 0.2) is 0 Å². The molecule has 0 saturated heterocycles. The Morgan fingerprint density at radius 3 is 2.60 bits per heavy atom. The molecule has 0 aromatic heterocycles. The van der Waals surface area contributed by atoms with Gasteiger partial charge in [-0.25, -0.2) is 0 Å². The summed E-state index contributed by atoms with van der Waals surface area (Å²) in [5.74, 6) is 0. The van der Waals surface area contributed by atoms with Crippen molar-refractivity contribution in [3.63, 3.8) is 0 Å². The number of aliphatic hydroxyl groups excluding tert-OH is 1. The molecule has 0 aromatic carbocycles. The summed E-state index contributed by atoms with van der Waals surface area (Å²) in [6.45, 7) is 1.62. The van der Waals surface area contributed by atoms with Crippen molar-refractivity contribution in [1.82, 2.24) is 0 Å². The van der Waals surface area contributed by atoms with Crippen LogP contribution in [0.4, 0.5) is 0 Å². The van der Waals surface area contributed by atoms with Gasteiger partial charge in [0.1, 0.15) is 6.61 Å². The van der Waals surface area contributed by atoms with Gasteiger partial charge in [0.05, 0.1) is 12.1 Å². The van der Waals surface area contributed by atoms with Crippen molar-refractivity contribution in [2.24, 2.45) is 11.5 Å². The highest BCUT2D eigenvalue weighted by molar-refractivity contribution is 7.80. The Morgan fingerprint density at radius 1 is 1.80 bits per heavy atom. The van der Waals surface area contributed by atoms with E-state index in [0.717, 1.165) is 0 Å². The van der Waals surface area contributed by atoms with Crippen LogP contribution in [0, 0.1) is 0 Å². The molecule has 1 unspecified atom stereocenters. The molecule has 0 heterocycles. The molecule has 0 aromatic rings. The highest BCUT2D eigenvalue weighted by atomic mass is 32.1. The summed E-state index contributed by atoms with van der Waals surface area (Å²) in [7, 11) is 0. The van der Waals surface area contributed by atoms with E-state index in [2.05, 4.69) is 12.2 Å². The Labute approximate surface area is 65.1 Å². The van der Waals surface area contributed by atoms with Gasteiger partial charge in [-0.3, -0.25) is 0 Å². The SMILES string of the molecule is CC(N)(CO)COC(N)=S. The number of nitrogens with two attached hydrogens (primary N) is 2. The summed E-state index contributed by atoms with van der Waals surface area (Å²) >= 11 is 4.43. The zero-order chi connectivity index (χ0) is 8.20. The summed E-state index contributed by atoms with van der Waals surface area (Å²) in [5.41, 5.74) is 9.74. The molecule has 0 aliphatic rings. The van der Waals surface area contributed by atoms with E-state index in [1.807, 2.05) is 0 Å². The van der Waals surface area contributed by atoms with E-state index in [9.17, 15) is 0 Å². The van der Waals surface area contributed by atoms with Crippen LogP contribution in [0.2, 0.25) is 0 Å². The van der Waals surface area contributed by atoms with Crippen molar-refractivity contribution < 1.29 is 9.84 Å². The van der Waals surface area contributed by atoms with Gasteiger partial charge in [0.25, 0.3) is 5.17 Å². The predicted octanol–water partition coefficient (Wildman–Crippen LogP) is -1.04. The van der Waals surface area contributed by atoms with E-state index < -0.39 is 5.54 Å². The third-order valence-electron chi connectivity index (χ3n) is 0.905. The van der Waals surface area contributed by atoms with Crippen LogP contribution >= 0.6 is 12.2 Å². The van der Waals surface area contributed by atoms with Crippen LogP contribution in [-0.4, -0.2) is 29.0 Å². The number of aliphatic hydroxyl groups is 1. The second kappa shape index (κ2) is 3.70. The first kappa shape index (κ1) is 9.61.